The van der Waals surface area contributed by atoms with Gasteiger partial charge in [0.2, 0.25) is 0 Å². The molecule has 1 saturated carbocycles. The van der Waals surface area contributed by atoms with Gasteiger partial charge in [0.05, 0.1) is 6.61 Å². The SMILES string of the molecule is Cc1ccc(OCC(O)CNC2(CO)CC2)cc1. The van der Waals surface area contributed by atoms with Crippen LogP contribution in [0.25, 0.3) is 0 Å². The molecule has 2 rings (SSSR count). The first-order chi connectivity index (χ1) is 8.63. The topological polar surface area (TPSA) is 61.7 Å². The molecule has 0 aliphatic heterocycles. The van der Waals surface area contributed by atoms with Gasteiger partial charge in [0.15, 0.2) is 0 Å². The third-order valence-corrected chi connectivity index (χ3v) is 3.33. The number of hydrogen-bond donors (Lipinski definition) is 3. The maximum absolute atomic E-state index is 9.78. The van der Waals surface area contributed by atoms with E-state index in [1.165, 1.54) is 5.56 Å². The molecule has 1 aliphatic rings. The average molecular weight is 251 g/mol. The lowest BCUT2D eigenvalue weighted by atomic mass is 10.2. The van der Waals surface area contributed by atoms with E-state index >= 15 is 0 Å². The van der Waals surface area contributed by atoms with Gasteiger partial charge in [0, 0.05) is 12.1 Å². The first kappa shape index (κ1) is 13.3. The molecule has 1 fully saturated rings. The van der Waals surface area contributed by atoms with Crippen LogP contribution in [0, 0.1) is 6.92 Å². The van der Waals surface area contributed by atoms with Crippen LogP contribution in [0.15, 0.2) is 24.3 Å². The van der Waals surface area contributed by atoms with E-state index in [1.807, 2.05) is 31.2 Å². The Balaban J connectivity index is 1.68. The zero-order valence-corrected chi connectivity index (χ0v) is 10.7. The summed E-state index contributed by atoms with van der Waals surface area (Å²) in [5.41, 5.74) is 1.05. The summed E-state index contributed by atoms with van der Waals surface area (Å²) in [6, 6.07) is 7.74. The van der Waals surface area contributed by atoms with Gasteiger partial charge in [-0.2, -0.15) is 0 Å². The Labute approximate surface area is 108 Å². The number of rotatable bonds is 7. The van der Waals surface area contributed by atoms with Crippen LogP contribution in [0.3, 0.4) is 0 Å². The Kier molecular flexibility index (Phi) is 4.22. The molecule has 0 radical (unpaired) electrons. The van der Waals surface area contributed by atoms with Crippen LogP contribution >= 0.6 is 0 Å². The Morgan fingerprint density at radius 1 is 1.33 bits per heavy atom. The van der Waals surface area contributed by atoms with Gasteiger partial charge in [-0.15, -0.1) is 0 Å². The fraction of sp³-hybridized carbons (Fsp3) is 0.571. The molecule has 1 atom stereocenters. The number of benzene rings is 1. The summed E-state index contributed by atoms with van der Waals surface area (Å²) in [6.45, 7) is 2.87. The maximum atomic E-state index is 9.78. The molecule has 0 amide bonds. The Bertz CT molecular complexity index is 373. The summed E-state index contributed by atoms with van der Waals surface area (Å²) < 4.78 is 5.49. The van der Waals surface area contributed by atoms with Crippen LogP contribution in [0.5, 0.6) is 5.75 Å². The number of aryl methyl sites for hydroxylation is 1. The second-order valence-corrected chi connectivity index (χ2v) is 5.10. The molecule has 100 valence electrons. The van der Waals surface area contributed by atoms with Crippen molar-refractivity contribution in [2.75, 3.05) is 19.8 Å². The van der Waals surface area contributed by atoms with Crippen molar-refractivity contribution in [3.05, 3.63) is 29.8 Å². The highest BCUT2D eigenvalue weighted by atomic mass is 16.5. The van der Waals surface area contributed by atoms with Gasteiger partial charge in [-0.1, -0.05) is 17.7 Å². The lowest BCUT2D eigenvalue weighted by molar-refractivity contribution is 0.0979. The summed E-state index contributed by atoms with van der Waals surface area (Å²) in [5.74, 6) is 0.767. The largest absolute Gasteiger partial charge is 0.491 e. The van der Waals surface area contributed by atoms with E-state index in [4.69, 9.17) is 9.84 Å². The molecule has 0 bridgehead atoms. The zero-order valence-electron chi connectivity index (χ0n) is 10.7. The molecule has 4 heteroatoms. The summed E-state index contributed by atoms with van der Waals surface area (Å²) in [6.07, 6.45) is 1.40. The van der Waals surface area contributed by atoms with Crippen molar-refractivity contribution in [2.45, 2.75) is 31.4 Å². The van der Waals surface area contributed by atoms with Crippen molar-refractivity contribution in [2.24, 2.45) is 0 Å². The van der Waals surface area contributed by atoms with Crippen molar-refractivity contribution in [3.63, 3.8) is 0 Å². The van der Waals surface area contributed by atoms with E-state index in [1.54, 1.807) is 0 Å². The number of β-amino-alcohol motifs (C(OH)–C–C–N with tert-alkyl or cyclic N) is 1. The predicted octanol–water partition coefficient (Wildman–Crippen LogP) is 0.849. The first-order valence-electron chi connectivity index (χ1n) is 6.37. The number of ether oxygens (including phenoxy) is 1. The Hall–Kier alpha value is -1.10. The molecule has 0 spiro atoms. The lowest BCUT2D eigenvalue weighted by Gasteiger charge is -2.18. The molecular weight excluding hydrogens is 230 g/mol. The Morgan fingerprint density at radius 3 is 2.56 bits per heavy atom. The van der Waals surface area contributed by atoms with Crippen LogP contribution < -0.4 is 10.1 Å². The third kappa shape index (κ3) is 3.70. The number of hydrogen-bond acceptors (Lipinski definition) is 4. The van der Waals surface area contributed by atoms with Crippen LogP contribution in [0.2, 0.25) is 0 Å². The lowest BCUT2D eigenvalue weighted by Crippen LogP contribution is -2.41. The minimum atomic E-state index is -0.560. The number of aliphatic hydroxyl groups excluding tert-OH is 2. The van der Waals surface area contributed by atoms with E-state index in [9.17, 15) is 5.11 Å². The second-order valence-electron chi connectivity index (χ2n) is 5.10. The quantitative estimate of drug-likeness (QED) is 0.672. The normalized spacial score (nSPS) is 18.4. The molecule has 1 aromatic carbocycles. The van der Waals surface area contributed by atoms with Crippen molar-refractivity contribution < 1.29 is 14.9 Å². The Morgan fingerprint density at radius 2 is 2.00 bits per heavy atom. The van der Waals surface area contributed by atoms with Crippen molar-refractivity contribution in [1.82, 2.24) is 5.32 Å². The summed E-state index contributed by atoms with van der Waals surface area (Å²) in [5, 5.41) is 22.1. The zero-order chi connectivity index (χ0) is 13.0. The minimum Gasteiger partial charge on any atom is -0.491 e. The van der Waals surface area contributed by atoms with Crippen LogP contribution in [0.4, 0.5) is 0 Å². The molecule has 1 aromatic rings. The standard InChI is InChI=1S/C14H21NO3/c1-11-2-4-13(5-3-11)18-9-12(17)8-15-14(10-16)6-7-14/h2-5,12,15-17H,6-10H2,1H3. The molecule has 0 saturated heterocycles. The number of aliphatic hydroxyl groups is 2. The predicted molar refractivity (Wildman–Crippen MR) is 69.7 cm³/mol. The summed E-state index contributed by atoms with van der Waals surface area (Å²) >= 11 is 0. The molecule has 18 heavy (non-hydrogen) atoms. The smallest absolute Gasteiger partial charge is 0.119 e. The van der Waals surface area contributed by atoms with Gasteiger partial charge >= 0.3 is 0 Å². The number of nitrogens with one attached hydrogen (secondary N) is 1. The van der Waals surface area contributed by atoms with Crippen molar-refractivity contribution in [3.8, 4) is 5.75 Å². The van der Waals surface area contributed by atoms with E-state index in [-0.39, 0.29) is 18.8 Å². The maximum Gasteiger partial charge on any atom is 0.119 e. The average Bonchev–Trinajstić information content (AvgIpc) is 3.16. The molecule has 4 nitrogen and oxygen atoms in total. The minimum absolute atomic E-state index is 0.134. The van der Waals surface area contributed by atoms with E-state index in [0.717, 1.165) is 18.6 Å². The molecule has 0 aromatic heterocycles. The van der Waals surface area contributed by atoms with E-state index in [2.05, 4.69) is 5.32 Å². The van der Waals surface area contributed by atoms with Crippen LogP contribution in [-0.4, -0.2) is 41.6 Å². The molecule has 0 heterocycles. The van der Waals surface area contributed by atoms with Gasteiger partial charge in [0.1, 0.15) is 18.5 Å². The van der Waals surface area contributed by atoms with Gasteiger partial charge in [-0.3, -0.25) is 0 Å². The highest BCUT2D eigenvalue weighted by molar-refractivity contribution is 5.26. The van der Waals surface area contributed by atoms with Gasteiger partial charge in [-0.05, 0) is 31.9 Å². The monoisotopic (exact) mass is 251 g/mol. The molecule has 1 aliphatic carbocycles. The second kappa shape index (κ2) is 5.69. The van der Waals surface area contributed by atoms with E-state index < -0.39 is 6.10 Å². The fourth-order valence-electron chi connectivity index (χ4n) is 1.76. The summed E-state index contributed by atoms with van der Waals surface area (Å²) in [7, 11) is 0. The van der Waals surface area contributed by atoms with Crippen molar-refractivity contribution in [1.29, 1.82) is 0 Å². The molecular formula is C14H21NO3. The summed E-state index contributed by atoms with van der Waals surface area (Å²) in [4.78, 5) is 0. The third-order valence-electron chi connectivity index (χ3n) is 3.33. The molecule has 3 N–H and O–H groups in total. The highest BCUT2D eigenvalue weighted by Crippen LogP contribution is 2.34. The van der Waals surface area contributed by atoms with Gasteiger partial charge in [-0.25, -0.2) is 0 Å². The van der Waals surface area contributed by atoms with Crippen molar-refractivity contribution >= 4 is 0 Å². The van der Waals surface area contributed by atoms with Gasteiger partial charge < -0.3 is 20.3 Å². The first-order valence-corrected chi connectivity index (χ1v) is 6.37. The van der Waals surface area contributed by atoms with Gasteiger partial charge in [0.25, 0.3) is 0 Å². The van der Waals surface area contributed by atoms with Crippen LogP contribution in [0.1, 0.15) is 18.4 Å². The van der Waals surface area contributed by atoms with Crippen LogP contribution in [-0.2, 0) is 0 Å². The van der Waals surface area contributed by atoms with E-state index in [0.29, 0.717) is 6.54 Å². The fourth-order valence-corrected chi connectivity index (χ4v) is 1.76. The molecule has 1 unspecified atom stereocenters. The highest BCUT2D eigenvalue weighted by Gasteiger charge is 2.41.